The Morgan fingerprint density at radius 3 is 2.76 bits per heavy atom. The van der Waals surface area contributed by atoms with Gasteiger partial charge in [-0.25, -0.2) is 9.37 Å². The number of rotatable bonds is 5. The molecule has 4 heteroatoms. The predicted molar refractivity (Wildman–Crippen MR) is 65.2 cm³/mol. The Bertz CT molecular complexity index is 462. The van der Waals surface area contributed by atoms with Gasteiger partial charge in [-0.2, -0.15) is 0 Å². The molecular formula is C13H16FN3. The lowest BCUT2D eigenvalue weighted by Gasteiger charge is -1.99. The summed E-state index contributed by atoms with van der Waals surface area (Å²) in [5, 5.41) is 3.23. The number of benzene rings is 1. The number of aromatic amines is 1. The lowest BCUT2D eigenvalue weighted by atomic mass is 10.1. The van der Waals surface area contributed by atoms with Crippen LogP contribution in [0, 0.1) is 5.82 Å². The molecule has 0 spiro atoms. The molecule has 0 unspecified atom stereocenters. The minimum absolute atomic E-state index is 0.207. The molecule has 0 radical (unpaired) electrons. The van der Waals surface area contributed by atoms with Crippen molar-refractivity contribution in [1.29, 1.82) is 0 Å². The molecule has 0 aliphatic heterocycles. The highest BCUT2D eigenvalue weighted by molar-refractivity contribution is 5.20. The van der Waals surface area contributed by atoms with Gasteiger partial charge >= 0.3 is 0 Å². The Hall–Kier alpha value is -1.68. The highest BCUT2D eigenvalue weighted by atomic mass is 19.1. The smallest absolute Gasteiger partial charge is 0.123 e. The van der Waals surface area contributed by atoms with Crippen LogP contribution in [-0.4, -0.2) is 16.5 Å². The molecule has 90 valence electrons. The zero-order valence-corrected chi connectivity index (χ0v) is 9.83. The third-order valence-corrected chi connectivity index (χ3v) is 2.53. The second-order valence-electron chi connectivity index (χ2n) is 3.94. The van der Waals surface area contributed by atoms with E-state index in [4.69, 9.17) is 0 Å². The molecule has 1 heterocycles. The quantitative estimate of drug-likeness (QED) is 0.831. The van der Waals surface area contributed by atoms with E-state index in [-0.39, 0.29) is 5.82 Å². The van der Waals surface area contributed by atoms with Crippen molar-refractivity contribution < 1.29 is 4.39 Å². The lowest BCUT2D eigenvalue weighted by molar-refractivity contribution is 0.627. The normalized spacial score (nSPS) is 10.7. The van der Waals surface area contributed by atoms with E-state index in [2.05, 4.69) is 22.2 Å². The second-order valence-corrected chi connectivity index (χ2v) is 3.94. The molecule has 0 atom stereocenters. The summed E-state index contributed by atoms with van der Waals surface area (Å²) in [7, 11) is 0. The molecule has 0 saturated carbocycles. The maximum Gasteiger partial charge on any atom is 0.123 e. The first-order chi connectivity index (χ1) is 8.28. The van der Waals surface area contributed by atoms with Crippen molar-refractivity contribution >= 4 is 0 Å². The van der Waals surface area contributed by atoms with Crippen LogP contribution in [0.1, 0.15) is 24.0 Å². The van der Waals surface area contributed by atoms with Crippen LogP contribution in [0.5, 0.6) is 0 Å². The molecule has 3 nitrogen and oxygen atoms in total. The average Bonchev–Trinajstić information content (AvgIpc) is 2.77. The summed E-state index contributed by atoms with van der Waals surface area (Å²) in [6, 6.07) is 6.50. The van der Waals surface area contributed by atoms with Crippen molar-refractivity contribution in [3.05, 3.63) is 53.4 Å². The van der Waals surface area contributed by atoms with Crippen LogP contribution >= 0.6 is 0 Å². The summed E-state index contributed by atoms with van der Waals surface area (Å²) in [5.41, 5.74) is 2.12. The number of nitrogens with one attached hydrogen (secondary N) is 2. The van der Waals surface area contributed by atoms with Gasteiger partial charge in [0.25, 0.3) is 0 Å². The monoisotopic (exact) mass is 233 g/mol. The molecule has 2 aromatic rings. The summed E-state index contributed by atoms with van der Waals surface area (Å²) in [6.45, 7) is 3.80. The summed E-state index contributed by atoms with van der Waals surface area (Å²) < 4.78 is 12.7. The van der Waals surface area contributed by atoms with Crippen LogP contribution in [0.4, 0.5) is 4.39 Å². The fraction of sp³-hybridized carbons (Fsp3) is 0.308. The van der Waals surface area contributed by atoms with Crippen LogP contribution in [0.15, 0.2) is 30.5 Å². The summed E-state index contributed by atoms with van der Waals surface area (Å²) in [5.74, 6) is 0.700. The summed E-state index contributed by atoms with van der Waals surface area (Å²) in [4.78, 5) is 7.54. The molecule has 1 aromatic heterocycles. The average molecular weight is 233 g/mol. The minimum Gasteiger partial charge on any atom is -0.345 e. The summed E-state index contributed by atoms with van der Waals surface area (Å²) >= 11 is 0. The molecule has 2 N–H and O–H groups in total. The number of nitrogens with zero attached hydrogens (tertiary/aromatic N) is 1. The first kappa shape index (κ1) is 11.8. The maximum absolute atomic E-state index is 12.7. The van der Waals surface area contributed by atoms with E-state index in [1.165, 1.54) is 12.1 Å². The molecule has 0 fully saturated rings. The van der Waals surface area contributed by atoms with Crippen LogP contribution in [0.2, 0.25) is 0 Å². The fourth-order valence-corrected chi connectivity index (χ4v) is 1.64. The van der Waals surface area contributed by atoms with E-state index in [0.717, 1.165) is 30.2 Å². The molecule has 0 aliphatic rings. The standard InChI is InChI=1S/C13H16FN3/c1-2-15-8-12-9-16-13(17-12)7-10-3-5-11(14)6-4-10/h3-6,9,15H,2,7-8H2,1H3,(H,16,17). The van der Waals surface area contributed by atoms with Crippen molar-refractivity contribution in [2.45, 2.75) is 19.9 Å². The largest absolute Gasteiger partial charge is 0.345 e. The van der Waals surface area contributed by atoms with E-state index in [9.17, 15) is 4.39 Å². The SMILES string of the molecule is CCNCc1cnc(Cc2ccc(F)cc2)[nH]1. The number of aromatic nitrogens is 2. The van der Waals surface area contributed by atoms with Crippen LogP contribution in [-0.2, 0) is 13.0 Å². The van der Waals surface area contributed by atoms with Gasteiger partial charge in [0.1, 0.15) is 11.6 Å². The van der Waals surface area contributed by atoms with E-state index in [0.29, 0.717) is 6.42 Å². The topological polar surface area (TPSA) is 40.7 Å². The Morgan fingerprint density at radius 1 is 1.29 bits per heavy atom. The van der Waals surface area contributed by atoms with Crippen molar-refractivity contribution in [1.82, 2.24) is 15.3 Å². The highest BCUT2D eigenvalue weighted by Gasteiger charge is 2.02. The Kier molecular flexibility index (Phi) is 3.88. The Morgan fingerprint density at radius 2 is 2.06 bits per heavy atom. The van der Waals surface area contributed by atoms with Crippen LogP contribution in [0.25, 0.3) is 0 Å². The molecule has 17 heavy (non-hydrogen) atoms. The third-order valence-electron chi connectivity index (χ3n) is 2.53. The maximum atomic E-state index is 12.7. The van der Waals surface area contributed by atoms with E-state index in [1.54, 1.807) is 12.1 Å². The number of H-pyrrole nitrogens is 1. The first-order valence-corrected chi connectivity index (χ1v) is 5.76. The van der Waals surface area contributed by atoms with Gasteiger partial charge in [0.15, 0.2) is 0 Å². The summed E-state index contributed by atoms with van der Waals surface area (Å²) in [6.07, 6.45) is 2.54. The van der Waals surface area contributed by atoms with Crippen LogP contribution < -0.4 is 5.32 Å². The van der Waals surface area contributed by atoms with Gasteiger partial charge in [-0.05, 0) is 24.2 Å². The lowest BCUT2D eigenvalue weighted by Crippen LogP contribution is -2.11. The molecule has 0 amide bonds. The number of hydrogen-bond donors (Lipinski definition) is 2. The van der Waals surface area contributed by atoms with E-state index < -0.39 is 0 Å². The van der Waals surface area contributed by atoms with Crippen LogP contribution in [0.3, 0.4) is 0 Å². The molecular weight excluding hydrogens is 217 g/mol. The van der Waals surface area contributed by atoms with Crippen molar-refractivity contribution in [2.75, 3.05) is 6.54 Å². The van der Waals surface area contributed by atoms with Gasteiger partial charge in [-0.3, -0.25) is 0 Å². The zero-order valence-electron chi connectivity index (χ0n) is 9.83. The number of halogens is 1. The number of hydrogen-bond acceptors (Lipinski definition) is 2. The third kappa shape index (κ3) is 3.39. The van der Waals surface area contributed by atoms with E-state index in [1.807, 2.05) is 6.20 Å². The fourth-order valence-electron chi connectivity index (χ4n) is 1.64. The first-order valence-electron chi connectivity index (χ1n) is 5.76. The van der Waals surface area contributed by atoms with Crippen molar-refractivity contribution in [2.24, 2.45) is 0 Å². The zero-order chi connectivity index (χ0) is 12.1. The van der Waals surface area contributed by atoms with Gasteiger partial charge < -0.3 is 10.3 Å². The highest BCUT2D eigenvalue weighted by Crippen LogP contribution is 2.08. The Balaban J connectivity index is 1.98. The van der Waals surface area contributed by atoms with Crippen molar-refractivity contribution in [3.8, 4) is 0 Å². The van der Waals surface area contributed by atoms with Gasteiger partial charge in [0, 0.05) is 24.9 Å². The Labute approximate surface area is 100 Å². The molecule has 0 aliphatic carbocycles. The van der Waals surface area contributed by atoms with E-state index >= 15 is 0 Å². The second kappa shape index (κ2) is 5.59. The van der Waals surface area contributed by atoms with Crippen molar-refractivity contribution in [3.63, 3.8) is 0 Å². The van der Waals surface area contributed by atoms with Gasteiger partial charge in [-0.15, -0.1) is 0 Å². The van der Waals surface area contributed by atoms with Gasteiger partial charge in [0.2, 0.25) is 0 Å². The van der Waals surface area contributed by atoms with Gasteiger partial charge in [-0.1, -0.05) is 19.1 Å². The predicted octanol–water partition coefficient (Wildman–Crippen LogP) is 2.25. The molecule has 2 rings (SSSR count). The van der Waals surface area contributed by atoms with Gasteiger partial charge in [0.05, 0.1) is 0 Å². The molecule has 0 saturated heterocycles. The molecule has 1 aromatic carbocycles. The minimum atomic E-state index is -0.207. The number of imidazole rings is 1. The molecule has 0 bridgehead atoms.